The first-order valence-corrected chi connectivity index (χ1v) is 5.68. The first-order valence-electron chi connectivity index (χ1n) is 5.68. The summed E-state index contributed by atoms with van der Waals surface area (Å²) >= 11 is 0. The Labute approximate surface area is 101 Å². The molecule has 17 heavy (non-hydrogen) atoms. The van der Waals surface area contributed by atoms with Crippen LogP contribution in [0, 0.1) is 5.82 Å². The molecule has 0 aliphatic rings. The molecule has 0 aliphatic heterocycles. The van der Waals surface area contributed by atoms with E-state index in [1.165, 1.54) is 12.1 Å². The quantitative estimate of drug-likeness (QED) is 0.775. The Balaban J connectivity index is 2.77. The number of nitrogens with one attached hydrogen (secondary N) is 1. The van der Waals surface area contributed by atoms with E-state index in [-0.39, 0.29) is 17.6 Å². The monoisotopic (exact) mass is 239 g/mol. The summed E-state index contributed by atoms with van der Waals surface area (Å²) in [7, 11) is 1.77. The fourth-order valence-electron chi connectivity index (χ4n) is 1.41. The molecule has 0 aromatic heterocycles. The van der Waals surface area contributed by atoms with Crippen LogP contribution in [0.25, 0.3) is 0 Å². The highest BCUT2D eigenvalue weighted by atomic mass is 19.1. The predicted octanol–water partition coefficient (Wildman–Crippen LogP) is 2.41. The van der Waals surface area contributed by atoms with Crippen molar-refractivity contribution in [2.24, 2.45) is 0 Å². The number of ether oxygens (including phenoxy) is 1. The van der Waals surface area contributed by atoms with Crippen LogP contribution in [0.5, 0.6) is 5.75 Å². The molecule has 0 unspecified atom stereocenters. The molecule has 0 bridgehead atoms. The molecular formula is C13H18FNO2. The smallest absolute Gasteiger partial charge is 0.165 e. The van der Waals surface area contributed by atoms with Gasteiger partial charge in [0.25, 0.3) is 0 Å². The molecule has 1 rings (SSSR count). The standard InChI is InChI=1S/C13H18FNO2/c1-9(2)17-13-5-4-10(8-11(13)14)12(16)6-7-15-3/h4-5,8-9,15H,6-7H2,1-3H3. The van der Waals surface area contributed by atoms with Crippen LogP contribution in [0.15, 0.2) is 18.2 Å². The largest absolute Gasteiger partial charge is 0.488 e. The summed E-state index contributed by atoms with van der Waals surface area (Å²) in [5, 5.41) is 2.88. The second kappa shape index (κ2) is 6.35. The molecule has 0 radical (unpaired) electrons. The zero-order chi connectivity index (χ0) is 12.8. The summed E-state index contributed by atoms with van der Waals surface area (Å²) in [5.74, 6) is -0.381. The molecule has 0 atom stereocenters. The Morgan fingerprint density at radius 3 is 2.71 bits per heavy atom. The van der Waals surface area contributed by atoms with E-state index in [0.717, 1.165) is 0 Å². The molecule has 1 aromatic carbocycles. The minimum absolute atomic E-state index is 0.0747. The summed E-state index contributed by atoms with van der Waals surface area (Å²) in [6.45, 7) is 4.24. The van der Waals surface area contributed by atoms with Gasteiger partial charge < -0.3 is 10.1 Å². The van der Waals surface area contributed by atoms with Crippen molar-refractivity contribution >= 4 is 5.78 Å². The second-order valence-corrected chi connectivity index (χ2v) is 4.09. The van der Waals surface area contributed by atoms with Gasteiger partial charge in [-0.2, -0.15) is 0 Å². The average molecular weight is 239 g/mol. The summed E-state index contributed by atoms with van der Waals surface area (Å²) < 4.78 is 18.9. The van der Waals surface area contributed by atoms with E-state index < -0.39 is 5.82 Å². The third-order valence-electron chi connectivity index (χ3n) is 2.22. The third kappa shape index (κ3) is 4.15. The van der Waals surface area contributed by atoms with Gasteiger partial charge in [-0.1, -0.05) is 0 Å². The van der Waals surface area contributed by atoms with E-state index in [1.54, 1.807) is 13.1 Å². The maximum absolute atomic E-state index is 13.6. The van der Waals surface area contributed by atoms with Crippen molar-refractivity contribution in [3.63, 3.8) is 0 Å². The summed E-state index contributed by atoms with van der Waals surface area (Å²) in [4.78, 5) is 11.6. The summed E-state index contributed by atoms with van der Waals surface area (Å²) in [5.41, 5.74) is 0.383. The number of hydrogen-bond acceptors (Lipinski definition) is 3. The molecular weight excluding hydrogens is 221 g/mol. The molecule has 4 heteroatoms. The van der Waals surface area contributed by atoms with E-state index >= 15 is 0 Å². The van der Waals surface area contributed by atoms with Gasteiger partial charge in [0.1, 0.15) is 0 Å². The molecule has 0 heterocycles. The molecule has 1 aromatic rings. The van der Waals surface area contributed by atoms with Crippen molar-refractivity contribution in [1.82, 2.24) is 5.32 Å². The minimum Gasteiger partial charge on any atom is -0.488 e. The van der Waals surface area contributed by atoms with E-state index in [4.69, 9.17) is 4.74 Å². The molecule has 1 N–H and O–H groups in total. The Bertz CT molecular complexity index is 391. The summed E-state index contributed by atoms with van der Waals surface area (Å²) in [6, 6.07) is 4.33. The number of rotatable bonds is 6. The van der Waals surface area contributed by atoms with Crippen molar-refractivity contribution in [1.29, 1.82) is 0 Å². The summed E-state index contributed by atoms with van der Waals surface area (Å²) in [6.07, 6.45) is 0.274. The van der Waals surface area contributed by atoms with Gasteiger partial charge in [0.15, 0.2) is 17.3 Å². The first-order chi connectivity index (χ1) is 8.04. The van der Waals surface area contributed by atoms with Gasteiger partial charge in [0, 0.05) is 18.5 Å². The lowest BCUT2D eigenvalue weighted by Gasteiger charge is -2.11. The van der Waals surface area contributed by atoms with Gasteiger partial charge in [-0.3, -0.25) is 4.79 Å². The molecule has 0 fully saturated rings. The highest BCUT2D eigenvalue weighted by molar-refractivity contribution is 5.96. The van der Waals surface area contributed by atoms with Gasteiger partial charge in [-0.25, -0.2) is 4.39 Å². The van der Waals surface area contributed by atoms with E-state index in [1.807, 2.05) is 13.8 Å². The van der Waals surface area contributed by atoms with Crippen molar-refractivity contribution in [2.45, 2.75) is 26.4 Å². The number of Topliss-reactive ketones (excluding diaryl/α,β-unsaturated/α-hetero) is 1. The predicted molar refractivity (Wildman–Crippen MR) is 65.0 cm³/mol. The van der Waals surface area contributed by atoms with E-state index in [9.17, 15) is 9.18 Å². The number of benzene rings is 1. The van der Waals surface area contributed by atoms with Gasteiger partial charge in [0.2, 0.25) is 0 Å². The molecule has 94 valence electrons. The lowest BCUT2D eigenvalue weighted by Crippen LogP contribution is -2.13. The van der Waals surface area contributed by atoms with Crippen molar-refractivity contribution in [3.05, 3.63) is 29.6 Å². The number of halogens is 1. The van der Waals surface area contributed by atoms with Crippen LogP contribution in [0.1, 0.15) is 30.6 Å². The van der Waals surface area contributed by atoms with Gasteiger partial charge in [-0.15, -0.1) is 0 Å². The third-order valence-corrected chi connectivity index (χ3v) is 2.22. The average Bonchev–Trinajstić information content (AvgIpc) is 2.28. The SMILES string of the molecule is CNCCC(=O)c1ccc(OC(C)C)c(F)c1. The highest BCUT2D eigenvalue weighted by Gasteiger charge is 2.10. The molecule has 0 saturated carbocycles. The highest BCUT2D eigenvalue weighted by Crippen LogP contribution is 2.20. The number of hydrogen-bond donors (Lipinski definition) is 1. The maximum atomic E-state index is 13.6. The van der Waals surface area contributed by atoms with Crippen LogP contribution in [-0.4, -0.2) is 25.5 Å². The number of carbonyl (C=O) groups is 1. The Morgan fingerprint density at radius 1 is 1.47 bits per heavy atom. The van der Waals surface area contributed by atoms with Crippen LogP contribution in [-0.2, 0) is 0 Å². The van der Waals surface area contributed by atoms with Crippen LogP contribution < -0.4 is 10.1 Å². The van der Waals surface area contributed by atoms with Gasteiger partial charge in [0.05, 0.1) is 6.10 Å². The van der Waals surface area contributed by atoms with Crippen LogP contribution >= 0.6 is 0 Å². The molecule has 0 amide bonds. The lowest BCUT2D eigenvalue weighted by atomic mass is 10.1. The molecule has 0 saturated heterocycles. The lowest BCUT2D eigenvalue weighted by molar-refractivity contribution is 0.0982. The zero-order valence-corrected chi connectivity index (χ0v) is 10.4. The zero-order valence-electron chi connectivity index (χ0n) is 10.4. The molecule has 3 nitrogen and oxygen atoms in total. The maximum Gasteiger partial charge on any atom is 0.165 e. The Hall–Kier alpha value is -1.42. The topological polar surface area (TPSA) is 38.3 Å². The minimum atomic E-state index is -0.492. The van der Waals surface area contributed by atoms with Crippen molar-refractivity contribution < 1.29 is 13.9 Å². The second-order valence-electron chi connectivity index (χ2n) is 4.09. The molecule has 0 spiro atoms. The molecule has 0 aliphatic carbocycles. The van der Waals surface area contributed by atoms with Crippen LogP contribution in [0.4, 0.5) is 4.39 Å². The van der Waals surface area contributed by atoms with Gasteiger partial charge in [-0.05, 0) is 39.1 Å². The Morgan fingerprint density at radius 2 is 2.18 bits per heavy atom. The van der Waals surface area contributed by atoms with Crippen molar-refractivity contribution in [3.8, 4) is 5.75 Å². The first kappa shape index (κ1) is 13.6. The number of carbonyl (C=O) groups excluding carboxylic acids is 1. The van der Waals surface area contributed by atoms with Gasteiger partial charge >= 0.3 is 0 Å². The fourth-order valence-corrected chi connectivity index (χ4v) is 1.41. The fraction of sp³-hybridized carbons (Fsp3) is 0.462. The van der Waals surface area contributed by atoms with E-state index in [0.29, 0.717) is 18.5 Å². The number of ketones is 1. The normalized spacial score (nSPS) is 10.6. The van der Waals surface area contributed by atoms with Crippen LogP contribution in [0.2, 0.25) is 0 Å². The van der Waals surface area contributed by atoms with E-state index in [2.05, 4.69) is 5.32 Å². The van der Waals surface area contributed by atoms with Crippen molar-refractivity contribution in [2.75, 3.05) is 13.6 Å². The van der Waals surface area contributed by atoms with Crippen LogP contribution in [0.3, 0.4) is 0 Å². The Kier molecular flexibility index (Phi) is 5.10.